The van der Waals surface area contributed by atoms with E-state index in [9.17, 15) is 18.0 Å². The van der Waals surface area contributed by atoms with E-state index >= 15 is 0 Å². The second-order valence-corrected chi connectivity index (χ2v) is 8.69. The number of aryl methyl sites for hydroxylation is 1. The molecule has 10 heteroatoms. The van der Waals surface area contributed by atoms with Gasteiger partial charge in [-0.05, 0) is 38.0 Å². The Kier molecular flexibility index (Phi) is 7.02. The SMILES string of the molecule is C=C1C(CNC=O)=C(n2c(C)ccc(NS(=O)(=O)CCCC)c2=O)C(N)=NC1C. The predicted molar refractivity (Wildman–Crippen MR) is 115 cm³/mol. The molecule has 1 aliphatic heterocycles. The highest BCUT2D eigenvalue weighted by Gasteiger charge is 2.27. The van der Waals surface area contributed by atoms with E-state index in [4.69, 9.17) is 5.73 Å². The summed E-state index contributed by atoms with van der Waals surface area (Å²) in [4.78, 5) is 28.3. The van der Waals surface area contributed by atoms with Gasteiger partial charge in [-0.1, -0.05) is 19.9 Å². The predicted octanol–water partition coefficient (Wildman–Crippen LogP) is 0.971. The first kappa shape index (κ1) is 22.4. The van der Waals surface area contributed by atoms with E-state index in [-0.39, 0.29) is 29.9 Å². The zero-order valence-electron chi connectivity index (χ0n) is 16.9. The fraction of sp³-hybridized carbons (Fsp3) is 0.421. The number of carbonyl (C=O) groups excluding carboxylic acids is 1. The smallest absolute Gasteiger partial charge is 0.279 e. The number of hydrogen-bond donors (Lipinski definition) is 3. The summed E-state index contributed by atoms with van der Waals surface area (Å²) in [6.07, 6.45) is 1.74. The second-order valence-electron chi connectivity index (χ2n) is 6.84. The Bertz CT molecular complexity index is 1040. The van der Waals surface area contributed by atoms with Gasteiger partial charge in [0.15, 0.2) is 0 Å². The lowest BCUT2D eigenvalue weighted by Crippen LogP contribution is -2.37. The van der Waals surface area contributed by atoms with Gasteiger partial charge in [0, 0.05) is 17.8 Å². The van der Waals surface area contributed by atoms with Crippen molar-refractivity contribution in [3.63, 3.8) is 0 Å². The van der Waals surface area contributed by atoms with Crippen LogP contribution in [0.3, 0.4) is 0 Å². The second kappa shape index (κ2) is 9.08. The number of anilines is 1. The van der Waals surface area contributed by atoms with Crippen molar-refractivity contribution in [1.82, 2.24) is 9.88 Å². The number of unbranched alkanes of at least 4 members (excludes halogenated alkanes) is 1. The van der Waals surface area contributed by atoms with Gasteiger partial charge in [0.25, 0.3) is 5.56 Å². The van der Waals surface area contributed by atoms with Crippen molar-refractivity contribution in [2.45, 2.75) is 39.7 Å². The first-order chi connectivity index (χ1) is 13.6. The van der Waals surface area contributed by atoms with Gasteiger partial charge < -0.3 is 11.1 Å². The Morgan fingerprint density at radius 1 is 1.38 bits per heavy atom. The van der Waals surface area contributed by atoms with E-state index in [1.54, 1.807) is 19.9 Å². The fourth-order valence-corrected chi connectivity index (χ4v) is 4.30. The van der Waals surface area contributed by atoms with Crippen molar-refractivity contribution in [2.24, 2.45) is 10.7 Å². The van der Waals surface area contributed by atoms with Crippen molar-refractivity contribution in [2.75, 3.05) is 17.0 Å². The van der Waals surface area contributed by atoms with E-state index in [1.165, 1.54) is 10.6 Å². The van der Waals surface area contributed by atoms with Crippen molar-refractivity contribution >= 4 is 33.7 Å². The van der Waals surface area contributed by atoms with E-state index in [1.807, 2.05) is 6.92 Å². The first-order valence-electron chi connectivity index (χ1n) is 9.29. The monoisotopic (exact) mass is 421 g/mol. The van der Waals surface area contributed by atoms with Crippen LogP contribution in [-0.4, -0.2) is 43.6 Å². The Morgan fingerprint density at radius 3 is 2.69 bits per heavy atom. The number of hydrogen-bond acceptors (Lipinski definition) is 6. The third kappa shape index (κ3) is 4.94. The number of nitrogens with zero attached hydrogens (tertiary/aromatic N) is 2. The maximum atomic E-state index is 13.2. The molecular weight excluding hydrogens is 394 g/mol. The molecule has 2 rings (SSSR count). The number of amidine groups is 1. The molecule has 1 unspecified atom stereocenters. The fourth-order valence-electron chi connectivity index (χ4n) is 3.04. The quantitative estimate of drug-likeness (QED) is 0.511. The maximum absolute atomic E-state index is 13.2. The number of dihydropyridines is 1. The highest BCUT2D eigenvalue weighted by atomic mass is 32.2. The van der Waals surface area contributed by atoms with Crippen LogP contribution in [0, 0.1) is 6.92 Å². The van der Waals surface area contributed by atoms with Gasteiger partial charge in [-0.2, -0.15) is 0 Å². The van der Waals surface area contributed by atoms with Crippen molar-refractivity contribution in [1.29, 1.82) is 0 Å². The number of sulfonamides is 1. The molecule has 1 aromatic heterocycles. The lowest BCUT2D eigenvalue weighted by Gasteiger charge is -2.27. The van der Waals surface area contributed by atoms with Crippen LogP contribution < -0.4 is 21.3 Å². The van der Waals surface area contributed by atoms with Crippen LogP contribution in [0.2, 0.25) is 0 Å². The third-order valence-corrected chi connectivity index (χ3v) is 6.01. The molecule has 1 aromatic rings. The average Bonchev–Trinajstić information content (AvgIpc) is 2.66. The molecule has 0 radical (unpaired) electrons. The molecule has 29 heavy (non-hydrogen) atoms. The molecule has 0 aliphatic carbocycles. The molecule has 4 N–H and O–H groups in total. The summed E-state index contributed by atoms with van der Waals surface area (Å²) in [6, 6.07) is 2.73. The molecule has 1 amide bonds. The highest BCUT2D eigenvalue weighted by molar-refractivity contribution is 7.92. The van der Waals surface area contributed by atoms with Crippen LogP contribution in [0.1, 0.15) is 32.4 Å². The molecule has 0 saturated heterocycles. The number of nitrogens with two attached hydrogens (primary N) is 1. The minimum absolute atomic E-state index is 0.0774. The number of rotatable bonds is 9. The number of amides is 1. The van der Waals surface area contributed by atoms with Crippen molar-refractivity contribution in [3.8, 4) is 0 Å². The van der Waals surface area contributed by atoms with Crippen LogP contribution >= 0.6 is 0 Å². The Balaban J connectivity index is 2.64. The van der Waals surface area contributed by atoms with Crippen LogP contribution in [0.5, 0.6) is 0 Å². The Morgan fingerprint density at radius 2 is 2.07 bits per heavy atom. The molecular formula is C19H27N5O4S. The van der Waals surface area contributed by atoms with E-state index < -0.39 is 15.6 Å². The highest BCUT2D eigenvalue weighted by Crippen LogP contribution is 2.27. The molecule has 2 heterocycles. The van der Waals surface area contributed by atoms with Crippen LogP contribution in [0.25, 0.3) is 5.70 Å². The van der Waals surface area contributed by atoms with Crippen LogP contribution in [0.4, 0.5) is 5.69 Å². The van der Waals surface area contributed by atoms with Gasteiger partial charge in [-0.3, -0.25) is 23.9 Å². The van der Waals surface area contributed by atoms with Gasteiger partial charge in [-0.15, -0.1) is 0 Å². The Hall–Kier alpha value is -2.88. The summed E-state index contributed by atoms with van der Waals surface area (Å²) in [6.45, 7) is 9.51. The van der Waals surface area contributed by atoms with Gasteiger partial charge >= 0.3 is 0 Å². The molecule has 0 aromatic carbocycles. The number of carbonyl (C=O) groups is 1. The maximum Gasteiger partial charge on any atom is 0.279 e. The summed E-state index contributed by atoms with van der Waals surface area (Å²) in [7, 11) is -3.66. The molecule has 1 atom stereocenters. The summed E-state index contributed by atoms with van der Waals surface area (Å²) in [5.74, 6) is 0.0372. The third-order valence-electron chi connectivity index (χ3n) is 4.65. The van der Waals surface area contributed by atoms with Gasteiger partial charge in [-0.25, -0.2) is 8.42 Å². The van der Waals surface area contributed by atoms with Crippen molar-refractivity contribution in [3.05, 3.63) is 45.9 Å². The largest absolute Gasteiger partial charge is 0.382 e. The molecule has 158 valence electrons. The summed E-state index contributed by atoms with van der Waals surface area (Å²) in [5, 5.41) is 2.57. The van der Waals surface area contributed by atoms with E-state index in [0.29, 0.717) is 41.8 Å². The lowest BCUT2D eigenvalue weighted by molar-refractivity contribution is -0.109. The standard InChI is InChI=1S/C19H27N5O4S/c1-5-6-9-29(27,28)23-16-8-7-12(2)24(19(16)26)17-15(10-21-11-25)13(3)14(4)22-18(17)20/h7-8,11,14,23H,3,5-6,9-10H2,1-2,4H3,(H2,20,22)(H,21,25). The van der Waals surface area contributed by atoms with Crippen LogP contribution in [0.15, 0.2) is 39.6 Å². The normalized spacial score (nSPS) is 17.1. The minimum Gasteiger partial charge on any atom is -0.382 e. The van der Waals surface area contributed by atoms with E-state index in [2.05, 4.69) is 21.6 Å². The Labute approximate surface area is 170 Å². The number of nitrogens with one attached hydrogen (secondary N) is 2. The molecule has 9 nitrogen and oxygen atoms in total. The molecule has 0 fully saturated rings. The molecule has 0 bridgehead atoms. The van der Waals surface area contributed by atoms with Gasteiger partial charge in [0.05, 0.1) is 17.5 Å². The van der Waals surface area contributed by atoms with Crippen LogP contribution in [-0.2, 0) is 14.8 Å². The summed E-state index contributed by atoms with van der Waals surface area (Å²) < 4.78 is 28.2. The minimum atomic E-state index is -3.66. The van der Waals surface area contributed by atoms with Gasteiger partial charge in [0.1, 0.15) is 11.5 Å². The number of aromatic nitrogens is 1. The zero-order chi connectivity index (χ0) is 21.8. The average molecular weight is 422 g/mol. The summed E-state index contributed by atoms with van der Waals surface area (Å²) in [5.41, 5.74) is 7.48. The zero-order valence-corrected chi connectivity index (χ0v) is 17.7. The lowest BCUT2D eigenvalue weighted by atomic mass is 9.95. The van der Waals surface area contributed by atoms with Gasteiger partial charge in [0.2, 0.25) is 16.4 Å². The molecule has 1 aliphatic rings. The number of pyridine rings is 1. The summed E-state index contributed by atoms with van der Waals surface area (Å²) >= 11 is 0. The first-order valence-corrected chi connectivity index (χ1v) is 10.9. The number of aliphatic imine (C=N–C) groups is 1. The molecule has 0 saturated carbocycles. The molecule has 0 spiro atoms. The van der Waals surface area contributed by atoms with E-state index in [0.717, 1.165) is 0 Å². The van der Waals surface area contributed by atoms with Crippen molar-refractivity contribution < 1.29 is 13.2 Å². The topological polar surface area (TPSA) is 136 Å².